The van der Waals surface area contributed by atoms with Gasteiger partial charge in [-0.2, -0.15) is 0 Å². The molecule has 0 aromatic rings. The van der Waals surface area contributed by atoms with Crippen LogP contribution in [-0.4, -0.2) is 11.7 Å². The summed E-state index contributed by atoms with van der Waals surface area (Å²) in [6.45, 7) is 7.08. The van der Waals surface area contributed by atoms with E-state index in [0.717, 1.165) is 18.3 Å². The van der Waals surface area contributed by atoms with E-state index in [9.17, 15) is 0 Å². The predicted molar refractivity (Wildman–Crippen MR) is 61.1 cm³/mol. The highest BCUT2D eigenvalue weighted by molar-refractivity contribution is 5.07. The first-order valence-electron chi connectivity index (χ1n) is 5.92. The van der Waals surface area contributed by atoms with Crippen molar-refractivity contribution in [3.63, 3.8) is 0 Å². The van der Waals surface area contributed by atoms with Crippen LogP contribution >= 0.6 is 0 Å². The molecule has 0 saturated heterocycles. The summed E-state index contributed by atoms with van der Waals surface area (Å²) in [6.07, 6.45) is 7.38. The maximum Gasteiger partial charge on any atom is 0.0459 e. The van der Waals surface area contributed by atoms with E-state index in [0.29, 0.717) is 12.5 Å². The van der Waals surface area contributed by atoms with Gasteiger partial charge < -0.3 is 5.11 Å². The topological polar surface area (TPSA) is 20.2 Å². The third kappa shape index (κ3) is 3.45. The Morgan fingerprint density at radius 1 is 1.43 bits per heavy atom. The van der Waals surface area contributed by atoms with E-state index < -0.39 is 0 Å². The van der Waals surface area contributed by atoms with E-state index in [2.05, 4.69) is 26.8 Å². The molecule has 0 radical (unpaired) electrons. The van der Waals surface area contributed by atoms with Gasteiger partial charge in [0.05, 0.1) is 0 Å². The third-order valence-corrected chi connectivity index (χ3v) is 3.41. The van der Waals surface area contributed by atoms with E-state index in [1.165, 1.54) is 19.3 Å². The summed E-state index contributed by atoms with van der Waals surface area (Å²) in [5.74, 6) is 2.16. The number of rotatable bonds is 4. The van der Waals surface area contributed by atoms with Crippen LogP contribution in [0.2, 0.25) is 0 Å². The molecule has 0 saturated carbocycles. The Hall–Kier alpha value is -0.300. The lowest BCUT2D eigenvalue weighted by molar-refractivity contribution is 0.234. The summed E-state index contributed by atoms with van der Waals surface area (Å²) in [4.78, 5) is 0. The molecule has 2 atom stereocenters. The lowest BCUT2D eigenvalue weighted by Gasteiger charge is -2.25. The molecule has 0 bridgehead atoms. The zero-order chi connectivity index (χ0) is 10.6. The minimum Gasteiger partial charge on any atom is -0.396 e. The Kier molecular flexibility index (Phi) is 4.67. The molecule has 1 heteroatoms. The molecule has 0 aromatic heterocycles. The fourth-order valence-electron chi connectivity index (χ4n) is 2.21. The van der Waals surface area contributed by atoms with Crippen molar-refractivity contribution < 1.29 is 5.11 Å². The van der Waals surface area contributed by atoms with Crippen molar-refractivity contribution in [1.82, 2.24) is 0 Å². The van der Waals surface area contributed by atoms with Crippen LogP contribution in [0.4, 0.5) is 0 Å². The summed E-state index contributed by atoms with van der Waals surface area (Å²) in [7, 11) is 0. The van der Waals surface area contributed by atoms with Crippen LogP contribution in [0.5, 0.6) is 0 Å². The first-order valence-corrected chi connectivity index (χ1v) is 5.92. The van der Waals surface area contributed by atoms with Gasteiger partial charge in [-0.3, -0.25) is 0 Å². The molecule has 1 aliphatic rings. The molecule has 1 rings (SSSR count). The fourth-order valence-corrected chi connectivity index (χ4v) is 2.21. The molecule has 1 aliphatic carbocycles. The highest BCUT2D eigenvalue weighted by atomic mass is 16.3. The fraction of sp³-hybridized carbons (Fsp3) is 0.846. The molecule has 0 spiro atoms. The summed E-state index contributed by atoms with van der Waals surface area (Å²) < 4.78 is 0. The van der Waals surface area contributed by atoms with Gasteiger partial charge in [0.15, 0.2) is 0 Å². The van der Waals surface area contributed by atoms with Crippen molar-refractivity contribution in [3.8, 4) is 0 Å². The smallest absolute Gasteiger partial charge is 0.0459 e. The summed E-state index contributed by atoms with van der Waals surface area (Å²) in [6, 6.07) is 0. The Morgan fingerprint density at radius 2 is 2.14 bits per heavy atom. The lowest BCUT2D eigenvalue weighted by atomic mass is 9.80. The van der Waals surface area contributed by atoms with Crippen molar-refractivity contribution in [2.45, 2.75) is 46.5 Å². The molecule has 1 nitrogen and oxygen atoms in total. The van der Waals surface area contributed by atoms with E-state index in [4.69, 9.17) is 5.11 Å². The minimum atomic E-state index is 0.324. The summed E-state index contributed by atoms with van der Waals surface area (Å²) >= 11 is 0. The molecule has 0 fully saturated rings. The van der Waals surface area contributed by atoms with Crippen LogP contribution in [0.3, 0.4) is 0 Å². The second-order valence-electron chi connectivity index (χ2n) is 5.13. The van der Waals surface area contributed by atoms with Crippen LogP contribution in [-0.2, 0) is 0 Å². The van der Waals surface area contributed by atoms with Crippen molar-refractivity contribution in [2.75, 3.05) is 6.61 Å². The van der Waals surface area contributed by atoms with Gasteiger partial charge in [-0.1, -0.05) is 32.4 Å². The van der Waals surface area contributed by atoms with Gasteiger partial charge >= 0.3 is 0 Å². The predicted octanol–water partition coefficient (Wildman–Crippen LogP) is 3.39. The van der Waals surface area contributed by atoms with Gasteiger partial charge in [-0.05, 0) is 43.4 Å². The maximum absolute atomic E-state index is 8.98. The summed E-state index contributed by atoms with van der Waals surface area (Å²) in [5, 5.41) is 8.98. The Bertz CT molecular complexity index is 193. The van der Waals surface area contributed by atoms with Crippen molar-refractivity contribution in [2.24, 2.45) is 17.8 Å². The molecule has 1 N–H and O–H groups in total. The molecular weight excluding hydrogens is 172 g/mol. The van der Waals surface area contributed by atoms with E-state index >= 15 is 0 Å². The van der Waals surface area contributed by atoms with E-state index in [1.54, 1.807) is 5.57 Å². The number of hydrogen-bond acceptors (Lipinski definition) is 1. The first-order chi connectivity index (χ1) is 6.63. The Balaban J connectivity index is 2.37. The van der Waals surface area contributed by atoms with Crippen LogP contribution in [0.25, 0.3) is 0 Å². The monoisotopic (exact) mass is 196 g/mol. The van der Waals surface area contributed by atoms with Gasteiger partial charge in [0, 0.05) is 6.61 Å². The number of hydrogen-bond donors (Lipinski definition) is 1. The van der Waals surface area contributed by atoms with E-state index in [1.807, 2.05) is 0 Å². The molecule has 82 valence electrons. The van der Waals surface area contributed by atoms with Gasteiger partial charge in [0.25, 0.3) is 0 Å². The van der Waals surface area contributed by atoms with Gasteiger partial charge in [-0.25, -0.2) is 0 Å². The van der Waals surface area contributed by atoms with E-state index in [-0.39, 0.29) is 0 Å². The average molecular weight is 196 g/mol. The second kappa shape index (κ2) is 5.55. The van der Waals surface area contributed by atoms with Crippen LogP contribution < -0.4 is 0 Å². The molecule has 0 heterocycles. The second-order valence-corrected chi connectivity index (χ2v) is 5.13. The van der Waals surface area contributed by atoms with Crippen LogP contribution in [0.15, 0.2) is 11.6 Å². The lowest BCUT2D eigenvalue weighted by Crippen LogP contribution is -2.13. The first kappa shape index (κ1) is 11.8. The standard InChI is InChI=1S/C13H24O/c1-10(2)13-6-4-12(5-7-13)8-11(3)9-14/h4,10-11,13-14H,5-9H2,1-3H3. The number of aliphatic hydroxyl groups excluding tert-OH is 1. The minimum absolute atomic E-state index is 0.324. The Labute approximate surface area is 88.2 Å². The van der Waals surface area contributed by atoms with Gasteiger partial charge in [0.1, 0.15) is 0 Å². The third-order valence-electron chi connectivity index (χ3n) is 3.41. The Morgan fingerprint density at radius 3 is 2.57 bits per heavy atom. The highest BCUT2D eigenvalue weighted by Gasteiger charge is 2.17. The largest absolute Gasteiger partial charge is 0.396 e. The molecule has 14 heavy (non-hydrogen) atoms. The maximum atomic E-state index is 8.98. The number of allylic oxidation sites excluding steroid dienone is 2. The molecule has 0 aliphatic heterocycles. The van der Waals surface area contributed by atoms with Crippen molar-refractivity contribution in [1.29, 1.82) is 0 Å². The van der Waals surface area contributed by atoms with Crippen LogP contribution in [0, 0.1) is 17.8 Å². The van der Waals surface area contributed by atoms with Gasteiger partial charge in [-0.15, -0.1) is 0 Å². The van der Waals surface area contributed by atoms with Crippen LogP contribution in [0.1, 0.15) is 46.5 Å². The normalized spacial score (nSPS) is 24.9. The SMILES string of the molecule is CC(CO)CC1=CCC(C(C)C)CC1. The zero-order valence-corrected chi connectivity index (χ0v) is 9.79. The van der Waals surface area contributed by atoms with Crippen molar-refractivity contribution >= 4 is 0 Å². The summed E-state index contributed by atoms with van der Waals surface area (Å²) in [5.41, 5.74) is 1.57. The number of aliphatic hydroxyl groups is 1. The highest BCUT2D eigenvalue weighted by Crippen LogP contribution is 2.31. The quantitative estimate of drug-likeness (QED) is 0.683. The van der Waals surface area contributed by atoms with Crippen molar-refractivity contribution in [3.05, 3.63) is 11.6 Å². The molecular formula is C13H24O. The molecule has 2 unspecified atom stereocenters. The van der Waals surface area contributed by atoms with Gasteiger partial charge in [0.2, 0.25) is 0 Å². The molecule has 0 aromatic carbocycles. The molecule has 0 amide bonds. The zero-order valence-electron chi connectivity index (χ0n) is 9.79. The average Bonchev–Trinajstić information content (AvgIpc) is 2.18.